The van der Waals surface area contributed by atoms with Crippen LogP contribution in [0.25, 0.3) is 10.8 Å². The highest BCUT2D eigenvalue weighted by Crippen LogP contribution is 2.25. The zero-order valence-electron chi connectivity index (χ0n) is 16.0. The average molecular weight is 431 g/mol. The van der Waals surface area contributed by atoms with Crippen LogP contribution in [0.5, 0.6) is 11.5 Å². The highest BCUT2D eigenvalue weighted by molar-refractivity contribution is 5.89. The van der Waals surface area contributed by atoms with Crippen LogP contribution in [-0.2, 0) is 22.4 Å². The van der Waals surface area contributed by atoms with Crippen LogP contribution < -0.4 is 11.1 Å². The van der Waals surface area contributed by atoms with E-state index in [9.17, 15) is 24.9 Å². The van der Waals surface area contributed by atoms with Crippen LogP contribution in [0.2, 0.25) is 0 Å². The number of halogens is 1. The molecular weight excluding hydrogens is 408 g/mol. The first-order valence-electron chi connectivity index (χ1n) is 9.11. The topological polar surface area (TPSA) is 133 Å². The summed E-state index contributed by atoms with van der Waals surface area (Å²) in [6.45, 7) is 0. The lowest BCUT2D eigenvalue weighted by Gasteiger charge is -2.19. The predicted molar refractivity (Wildman–Crippen MR) is 116 cm³/mol. The van der Waals surface area contributed by atoms with Gasteiger partial charge >= 0.3 is 5.97 Å². The number of phenols is 2. The highest BCUT2D eigenvalue weighted by Gasteiger charge is 2.24. The summed E-state index contributed by atoms with van der Waals surface area (Å²) < 4.78 is 0. The Morgan fingerprint density at radius 1 is 0.933 bits per heavy atom. The summed E-state index contributed by atoms with van der Waals surface area (Å²) >= 11 is 0. The number of benzene rings is 3. The second-order valence-corrected chi connectivity index (χ2v) is 6.88. The first kappa shape index (κ1) is 23.0. The molecule has 0 spiro atoms. The smallest absolute Gasteiger partial charge is 0.326 e. The third kappa shape index (κ3) is 5.40. The van der Waals surface area contributed by atoms with E-state index in [1.54, 1.807) is 0 Å². The molecule has 0 heterocycles. The fourth-order valence-corrected chi connectivity index (χ4v) is 3.21. The van der Waals surface area contributed by atoms with Crippen LogP contribution in [0, 0.1) is 0 Å². The van der Waals surface area contributed by atoms with Gasteiger partial charge in [-0.25, -0.2) is 4.79 Å². The van der Waals surface area contributed by atoms with Gasteiger partial charge in [0.05, 0.1) is 6.04 Å². The summed E-state index contributed by atoms with van der Waals surface area (Å²) in [4.78, 5) is 24.1. The molecule has 7 nitrogen and oxygen atoms in total. The first-order valence-corrected chi connectivity index (χ1v) is 9.11. The minimum absolute atomic E-state index is 0. The molecule has 158 valence electrons. The molecule has 0 aromatic heterocycles. The van der Waals surface area contributed by atoms with E-state index in [4.69, 9.17) is 5.73 Å². The molecule has 2 atom stereocenters. The largest absolute Gasteiger partial charge is 0.504 e. The monoisotopic (exact) mass is 430 g/mol. The predicted octanol–water partition coefficient (Wildman–Crippen LogP) is 2.35. The number of nitrogens with one attached hydrogen (secondary N) is 1. The molecule has 6 N–H and O–H groups in total. The summed E-state index contributed by atoms with van der Waals surface area (Å²) in [5, 5.41) is 32.9. The Labute approximate surface area is 179 Å². The van der Waals surface area contributed by atoms with Crippen molar-refractivity contribution in [2.75, 3.05) is 0 Å². The molecule has 0 saturated heterocycles. The van der Waals surface area contributed by atoms with Crippen LogP contribution in [0.1, 0.15) is 11.1 Å². The maximum absolute atomic E-state index is 12.5. The Hall–Kier alpha value is -3.29. The second-order valence-electron chi connectivity index (χ2n) is 6.88. The molecule has 0 saturated carbocycles. The van der Waals surface area contributed by atoms with Crippen molar-refractivity contribution in [3.63, 3.8) is 0 Å². The molecule has 0 fully saturated rings. The van der Waals surface area contributed by atoms with Crippen molar-refractivity contribution in [1.29, 1.82) is 0 Å². The molecule has 3 aromatic rings. The standard InChI is InChI=1S/C22H22N2O5.ClH/c23-17(12-15-6-3-5-14-4-1-2-7-16(14)15)21(27)24-18(22(28)29)10-13-8-9-19(25)20(26)11-13;/h1-9,11,17-18,25-26H,10,12,23H2,(H,24,27)(H,28,29);1H/t17-,18-;/m0./s1. The molecule has 0 bridgehead atoms. The summed E-state index contributed by atoms with van der Waals surface area (Å²) in [5.74, 6) is -2.45. The second kappa shape index (κ2) is 9.96. The summed E-state index contributed by atoms with van der Waals surface area (Å²) in [6, 6.07) is 15.4. The minimum Gasteiger partial charge on any atom is -0.504 e. The molecule has 0 aliphatic rings. The maximum Gasteiger partial charge on any atom is 0.326 e. The van der Waals surface area contributed by atoms with Gasteiger partial charge in [0.15, 0.2) is 11.5 Å². The number of carbonyl (C=O) groups excluding carboxylic acids is 1. The van der Waals surface area contributed by atoms with Crippen LogP contribution >= 0.6 is 12.4 Å². The number of rotatable bonds is 7. The third-order valence-electron chi connectivity index (χ3n) is 4.75. The number of carbonyl (C=O) groups is 2. The van der Waals surface area contributed by atoms with Gasteiger partial charge in [-0.05, 0) is 40.5 Å². The number of carboxylic acids is 1. The Kier molecular flexibility index (Phi) is 7.63. The zero-order valence-corrected chi connectivity index (χ0v) is 16.8. The number of hydrogen-bond acceptors (Lipinski definition) is 5. The number of hydrogen-bond donors (Lipinski definition) is 5. The van der Waals surface area contributed by atoms with Gasteiger partial charge in [0.1, 0.15) is 6.04 Å². The lowest BCUT2D eigenvalue weighted by molar-refractivity contribution is -0.141. The van der Waals surface area contributed by atoms with Gasteiger partial charge in [-0.2, -0.15) is 0 Å². The number of aromatic hydroxyl groups is 2. The number of phenolic OH excluding ortho intramolecular Hbond substituents is 2. The van der Waals surface area contributed by atoms with Crippen molar-refractivity contribution in [2.24, 2.45) is 5.73 Å². The molecule has 8 heteroatoms. The Morgan fingerprint density at radius 3 is 2.33 bits per heavy atom. The van der Waals surface area contributed by atoms with Crippen molar-refractivity contribution in [1.82, 2.24) is 5.32 Å². The highest BCUT2D eigenvalue weighted by atomic mass is 35.5. The van der Waals surface area contributed by atoms with Crippen LogP contribution in [0.15, 0.2) is 60.7 Å². The quantitative estimate of drug-likeness (QED) is 0.365. The number of nitrogens with two attached hydrogens (primary N) is 1. The van der Waals surface area contributed by atoms with Gasteiger partial charge in [-0.3, -0.25) is 4.79 Å². The molecule has 3 aromatic carbocycles. The fraction of sp³-hybridized carbons (Fsp3) is 0.182. The van der Waals surface area contributed by atoms with Gasteiger partial charge in [0, 0.05) is 6.42 Å². The molecule has 30 heavy (non-hydrogen) atoms. The molecule has 0 unspecified atom stereocenters. The first-order chi connectivity index (χ1) is 13.8. The molecule has 0 aliphatic heterocycles. The fourth-order valence-electron chi connectivity index (χ4n) is 3.21. The van der Waals surface area contributed by atoms with Gasteiger partial charge in [-0.15, -0.1) is 12.4 Å². The van der Waals surface area contributed by atoms with Crippen molar-refractivity contribution >= 4 is 35.1 Å². The van der Waals surface area contributed by atoms with E-state index in [1.165, 1.54) is 18.2 Å². The Morgan fingerprint density at radius 2 is 1.63 bits per heavy atom. The van der Waals surface area contributed by atoms with Crippen molar-refractivity contribution in [3.05, 3.63) is 71.8 Å². The van der Waals surface area contributed by atoms with Crippen molar-refractivity contribution in [3.8, 4) is 11.5 Å². The number of amides is 1. The summed E-state index contributed by atoms with van der Waals surface area (Å²) in [6.07, 6.45) is 0.204. The Balaban J connectivity index is 0.00000320. The van der Waals surface area contributed by atoms with Gasteiger partial charge in [0.2, 0.25) is 5.91 Å². The van der Waals surface area contributed by atoms with Gasteiger partial charge < -0.3 is 26.4 Å². The number of aliphatic carboxylic acids is 1. The van der Waals surface area contributed by atoms with E-state index in [2.05, 4.69) is 5.32 Å². The van der Waals surface area contributed by atoms with E-state index in [1.807, 2.05) is 42.5 Å². The molecule has 1 amide bonds. The molecule has 0 radical (unpaired) electrons. The van der Waals surface area contributed by atoms with Crippen LogP contribution in [0.4, 0.5) is 0 Å². The number of carboxylic acid groups (broad SMARTS) is 1. The third-order valence-corrected chi connectivity index (χ3v) is 4.75. The SMILES string of the molecule is Cl.N[C@@H](Cc1cccc2ccccc12)C(=O)N[C@@H](Cc1ccc(O)c(O)c1)C(=O)O. The normalized spacial score (nSPS) is 12.6. The lowest BCUT2D eigenvalue weighted by atomic mass is 9.98. The lowest BCUT2D eigenvalue weighted by Crippen LogP contribution is -2.50. The van der Waals surface area contributed by atoms with E-state index in [0.29, 0.717) is 5.56 Å². The average Bonchev–Trinajstić information content (AvgIpc) is 2.70. The number of fused-ring (bicyclic) bond motifs is 1. The van der Waals surface area contributed by atoms with Gasteiger partial charge in [0.25, 0.3) is 0 Å². The molecule has 3 rings (SSSR count). The minimum atomic E-state index is -1.22. The van der Waals surface area contributed by atoms with Crippen molar-refractivity contribution < 1.29 is 24.9 Å². The van der Waals surface area contributed by atoms with Crippen LogP contribution in [-0.4, -0.2) is 39.3 Å². The van der Waals surface area contributed by atoms with Crippen molar-refractivity contribution in [2.45, 2.75) is 24.9 Å². The van der Waals surface area contributed by atoms with E-state index >= 15 is 0 Å². The molecular formula is C22H23ClN2O5. The maximum atomic E-state index is 12.5. The summed E-state index contributed by atoms with van der Waals surface area (Å²) in [7, 11) is 0. The zero-order chi connectivity index (χ0) is 21.0. The van der Waals surface area contributed by atoms with Gasteiger partial charge in [-0.1, -0.05) is 48.5 Å². The van der Waals surface area contributed by atoms with E-state index in [-0.39, 0.29) is 36.7 Å². The summed E-state index contributed by atoms with van der Waals surface area (Å²) in [5.41, 5.74) is 7.41. The molecule has 0 aliphatic carbocycles. The Bertz CT molecular complexity index is 1050. The van der Waals surface area contributed by atoms with E-state index in [0.717, 1.165) is 16.3 Å². The van der Waals surface area contributed by atoms with Crippen LogP contribution in [0.3, 0.4) is 0 Å². The van der Waals surface area contributed by atoms with E-state index < -0.39 is 24.0 Å².